The summed E-state index contributed by atoms with van der Waals surface area (Å²) >= 11 is 0. The van der Waals surface area contributed by atoms with Crippen LogP contribution in [-0.2, 0) is 11.3 Å². The Balaban J connectivity index is 1.34. The monoisotopic (exact) mass is 417 g/mol. The standard InChI is InChI=1S/C23H23N5O3/c1-31-23(30)16-10-8-15(9-11-16)22(29)25-12-4-5-13-28-14-26-19-20(28)17-6-2-3-7-18(17)27-21(19)24/h2-3,6-11,14H,4-5,12-13H2,1H3,(H2,24,27)(H,25,29). The number of carbonyl (C=O) groups excluding carboxylic acids is 2. The predicted octanol–water partition coefficient (Wildman–Crippen LogP) is 3.16. The van der Waals surface area contributed by atoms with Gasteiger partial charge in [0.2, 0.25) is 0 Å². The number of carbonyl (C=O) groups is 2. The van der Waals surface area contributed by atoms with Crippen LogP contribution in [-0.4, -0.2) is 40.1 Å². The van der Waals surface area contributed by atoms with E-state index >= 15 is 0 Å². The van der Waals surface area contributed by atoms with Gasteiger partial charge >= 0.3 is 5.97 Å². The fourth-order valence-corrected chi connectivity index (χ4v) is 3.56. The van der Waals surface area contributed by atoms with Gasteiger partial charge in [0.15, 0.2) is 5.82 Å². The first kappa shape index (κ1) is 20.3. The maximum absolute atomic E-state index is 12.3. The van der Waals surface area contributed by atoms with E-state index in [0.717, 1.165) is 35.8 Å². The first-order chi connectivity index (χ1) is 15.1. The van der Waals surface area contributed by atoms with E-state index in [4.69, 9.17) is 5.73 Å². The van der Waals surface area contributed by atoms with Crippen molar-refractivity contribution < 1.29 is 14.3 Å². The number of anilines is 1. The number of imidazole rings is 1. The summed E-state index contributed by atoms with van der Waals surface area (Å²) in [5, 5.41) is 3.93. The van der Waals surface area contributed by atoms with Gasteiger partial charge in [0.1, 0.15) is 5.52 Å². The zero-order valence-electron chi connectivity index (χ0n) is 17.2. The molecule has 0 spiro atoms. The highest BCUT2D eigenvalue weighted by atomic mass is 16.5. The van der Waals surface area contributed by atoms with Crippen LogP contribution in [0.15, 0.2) is 54.9 Å². The molecular formula is C23H23N5O3. The number of para-hydroxylation sites is 1. The minimum absolute atomic E-state index is 0.172. The van der Waals surface area contributed by atoms with Gasteiger partial charge < -0.3 is 20.4 Å². The molecule has 0 unspecified atom stereocenters. The number of nitrogen functional groups attached to an aromatic ring is 1. The van der Waals surface area contributed by atoms with Crippen LogP contribution < -0.4 is 11.1 Å². The molecule has 4 aromatic rings. The minimum atomic E-state index is -0.427. The van der Waals surface area contributed by atoms with Crippen LogP contribution in [0.2, 0.25) is 0 Å². The van der Waals surface area contributed by atoms with Gasteiger partial charge in [-0.3, -0.25) is 4.79 Å². The molecule has 3 N–H and O–H groups in total. The highest BCUT2D eigenvalue weighted by molar-refractivity contribution is 6.06. The third kappa shape index (κ3) is 4.18. The van der Waals surface area contributed by atoms with Crippen LogP contribution in [0.1, 0.15) is 33.6 Å². The van der Waals surface area contributed by atoms with Gasteiger partial charge in [-0.1, -0.05) is 18.2 Å². The van der Waals surface area contributed by atoms with E-state index in [1.54, 1.807) is 30.6 Å². The molecule has 0 saturated heterocycles. The molecule has 0 aliphatic heterocycles. The molecule has 158 valence electrons. The summed E-state index contributed by atoms with van der Waals surface area (Å²) < 4.78 is 6.75. The Morgan fingerprint density at radius 1 is 1.06 bits per heavy atom. The number of esters is 1. The van der Waals surface area contributed by atoms with Crippen LogP contribution in [0, 0.1) is 0 Å². The van der Waals surface area contributed by atoms with Crippen LogP contribution >= 0.6 is 0 Å². The summed E-state index contributed by atoms with van der Waals surface area (Å²) in [4.78, 5) is 32.6. The fourth-order valence-electron chi connectivity index (χ4n) is 3.56. The Kier molecular flexibility index (Phi) is 5.79. The second kappa shape index (κ2) is 8.83. The SMILES string of the molecule is COC(=O)c1ccc(C(=O)NCCCCn2cnc3c(N)nc4ccccc4c32)cc1. The number of aromatic nitrogens is 3. The van der Waals surface area contributed by atoms with Crippen molar-refractivity contribution in [1.29, 1.82) is 0 Å². The molecule has 0 bridgehead atoms. The maximum Gasteiger partial charge on any atom is 0.337 e. The quantitative estimate of drug-likeness (QED) is 0.353. The Morgan fingerprint density at radius 3 is 2.58 bits per heavy atom. The topological polar surface area (TPSA) is 112 Å². The highest BCUT2D eigenvalue weighted by Gasteiger charge is 2.12. The van der Waals surface area contributed by atoms with E-state index in [-0.39, 0.29) is 5.91 Å². The van der Waals surface area contributed by atoms with Crippen LogP contribution in [0.4, 0.5) is 5.82 Å². The molecule has 2 aromatic heterocycles. The second-order valence-corrected chi connectivity index (χ2v) is 7.18. The Hall–Kier alpha value is -3.94. The molecule has 8 nitrogen and oxygen atoms in total. The lowest BCUT2D eigenvalue weighted by Gasteiger charge is -2.09. The van der Waals surface area contributed by atoms with Crippen LogP contribution in [0.5, 0.6) is 0 Å². The fraction of sp³-hybridized carbons (Fsp3) is 0.217. The molecular weight excluding hydrogens is 394 g/mol. The Morgan fingerprint density at radius 2 is 1.81 bits per heavy atom. The third-order valence-corrected chi connectivity index (χ3v) is 5.16. The van der Waals surface area contributed by atoms with Crippen molar-refractivity contribution in [2.75, 3.05) is 19.4 Å². The molecule has 2 aromatic carbocycles. The van der Waals surface area contributed by atoms with E-state index in [0.29, 0.717) is 29.0 Å². The normalized spacial score (nSPS) is 11.0. The molecule has 31 heavy (non-hydrogen) atoms. The number of nitrogens with zero attached hydrogens (tertiary/aromatic N) is 3. The average Bonchev–Trinajstić information content (AvgIpc) is 3.23. The molecule has 2 heterocycles. The molecule has 0 aliphatic carbocycles. The molecule has 1 amide bonds. The number of methoxy groups -OCH3 is 1. The maximum atomic E-state index is 12.3. The van der Waals surface area contributed by atoms with E-state index in [9.17, 15) is 9.59 Å². The number of amides is 1. The Bertz CT molecular complexity index is 1250. The summed E-state index contributed by atoms with van der Waals surface area (Å²) in [6.07, 6.45) is 3.46. The summed E-state index contributed by atoms with van der Waals surface area (Å²) in [6, 6.07) is 14.3. The zero-order chi connectivity index (χ0) is 21.8. The predicted molar refractivity (Wildman–Crippen MR) is 119 cm³/mol. The molecule has 8 heteroatoms. The number of nitrogens with two attached hydrogens (primary N) is 1. The molecule has 0 radical (unpaired) electrons. The number of unbranched alkanes of at least 4 members (excludes halogenated alkanes) is 1. The van der Waals surface area contributed by atoms with E-state index in [1.165, 1.54) is 7.11 Å². The lowest BCUT2D eigenvalue weighted by atomic mass is 10.1. The zero-order valence-corrected chi connectivity index (χ0v) is 17.2. The number of pyridine rings is 1. The largest absolute Gasteiger partial charge is 0.465 e. The first-order valence-corrected chi connectivity index (χ1v) is 10.0. The summed E-state index contributed by atoms with van der Waals surface area (Å²) in [5.41, 5.74) is 9.53. The van der Waals surface area contributed by atoms with Crippen LogP contribution in [0.3, 0.4) is 0 Å². The lowest BCUT2D eigenvalue weighted by molar-refractivity contribution is 0.0600. The number of aryl methyl sites for hydroxylation is 1. The number of nitrogens with one attached hydrogen (secondary N) is 1. The third-order valence-electron chi connectivity index (χ3n) is 5.16. The molecule has 0 fully saturated rings. The van der Waals surface area contributed by atoms with Gasteiger partial charge in [0.05, 0.1) is 30.0 Å². The summed E-state index contributed by atoms with van der Waals surface area (Å²) in [6.45, 7) is 1.31. The smallest absolute Gasteiger partial charge is 0.337 e. The van der Waals surface area contributed by atoms with Gasteiger partial charge in [-0.15, -0.1) is 0 Å². The number of rotatable bonds is 7. The van der Waals surface area contributed by atoms with E-state index < -0.39 is 5.97 Å². The average molecular weight is 417 g/mol. The van der Waals surface area contributed by atoms with E-state index in [2.05, 4.69) is 24.6 Å². The van der Waals surface area contributed by atoms with Crippen molar-refractivity contribution in [2.24, 2.45) is 0 Å². The molecule has 0 aliphatic rings. The number of ether oxygens (including phenoxy) is 1. The first-order valence-electron chi connectivity index (χ1n) is 10.0. The van der Waals surface area contributed by atoms with Gasteiger partial charge in [0, 0.05) is 24.0 Å². The molecule has 0 saturated carbocycles. The second-order valence-electron chi connectivity index (χ2n) is 7.18. The molecule has 0 atom stereocenters. The van der Waals surface area contributed by atoms with Crippen LogP contribution in [0.25, 0.3) is 21.9 Å². The molecule has 4 rings (SSSR count). The van der Waals surface area contributed by atoms with Crippen molar-refractivity contribution in [3.63, 3.8) is 0 Å². The van der Waals surface area contributed by atoms with E-state index in [1.807, 2.05) is 24.3 Å². The summed E-state index contributed by atoms with van der Waals surface area (Å²) in [5.74, 6) is -0.170. The number of benzene rings is 2. The number of fused-ring (bicyclic) bond motifs is 3. The van der Waals surface area contributed by atoms with Crippen molar-refractivity contribution in [3.8, 4) is 0 Å². The van der Waals surface area contributed by atoms with Crippen molar-refractivity contribution in [2.45, 2.75) is 19.4 Å². The highest BCUT2D eigenvalue weighted by Crippen LogP contribution is 2.27. The van der Waals surface area contributed by atoms with Crippen molar-refractivity contribution in [1.82, 2.24) is 19.9 Å². The van der Waals surface area contributed by atoms with Gasteiger partial charge in [-0.05, 0) is 43.2 Å². The lowest BCUT2D eigenvalue weighted by Crippen LogP contribution is -2.24. The minimum Gasteiger partial charge on any atom is -0.465 e. The van der Waals surface area contributed by atoms with Gasteiger partial charge in [-0.25, -0.2) is 14.8 Å². The summed E-state index contributed by atoms with van der Waals surface area (Å²) in [7, 11) is 1.32. The van der Waals surface area contributed by atoms with Gasteiger partial charge in [0.25, 0.3) is 5.91 Å². The van der Waals surface area contributed by atoms with Crippen molar-refractivity contribution >= 4 is 39.6 Å². The van der Waals surface area contributed by atoms with Crippen molar-refractivity contribution in [3.05, 3.63) is 66.0 Å². The number of hydrogen-bond acceptors (Lipinski definition) is 6. The van der Waals surface area contributed by atoms with Gasteiger partial charge in [-0.2, -0.15) is 0 Å². The number of hydrogen-bond donors (Lipinski definition) is 2. The Labute approximate surface area is 179 Å².